The summed E-state index contributed by atoms with van der Waals surface area (Å²) in [6, 6.07) is 5.56. The summed E-state index contributed by atoms with van der Waals surface area (Å²) in [4.78, 5) is 15.2. The lowest BCUT2D eigenvalue weighted by molar-refractivity contribution is -0.133. The molecule has 0 spiro atoms. The number of carboxylic acid groups (broad SMARTS) is 1. The van der Waals surface area contributed by atoms with Crippen LogP contribution in [-0.2, 0) is 11.3 Å². The first kappa shape index (κ1) is 14.2. The number of benzene rings is 1. The van der Waals surface area contributed by atoms with Gasteiger partial charge in [0.2, 0.25) is 0 Å². The van der Waals surface area contributed by atoms with Gasteiger partial charge in [0.05, 0.1) is 16.8 Å². The fraction of sp³-hybridized carbons (Fsp3) is 0.385. The van der Waals surface area contributed by atoms with Crippen molar-refractivity contribution < 1.29 is 9.90 Å². The maximum Gasteiger partial charge on any atom is 0.313 e. The van der Waals surface area contributed by atoms with E-state index in [1.807, 2.05) is 12.1 Å². The molecule has 0 saturated carbocycles. The van der Waals surface area contributed by atoms with Crippen molar-refractivity contribution in [2.24, 2.45) is 5.92 Å². The molecule has 19 heavy (non-hydrogen) atoms. The van der Waals surface area contributed by atoms with Crippen molar-refractivity contribution in [1.29, 1.82) is 0 Å². The Morgan fingerprint density at radius 1 is 1.53 bits per heavy atom. The van der Waals surface area contributed by atoms with Gasteiger partial charge in [-0.3, -0.25) is 4.79 Å². The SMILES string of the molecule is CC(C)Cn1c(SCC(=O)O)nc2cc(Cl)ccc21. The third-order valence-electron chi connectivity index (χ3n) is 2.55. The first-order chi connectivity index (χ1) is 8.97. The number of fused-ring (bicyclic) bond motifs is 1. The molecular weight excluding hydrogens is 284 g/mol. The van der Waals surface area contributed by atoms with Crippen molar-refractivity contribution in [2.45, 2.75) is 25.5 Å². The fourth-order valence-electron chi connectivity index (χ4n) is 1.86. The van der Waals surface area contributed by atoms with Gasteiger partial charge in [-0.15, -0.1) is 0 Å². The molecule has 0 aliphatic carbocycles. The molecule has 0 radical (unpaired) electrons. The largest absolute Gasteiger partial charge is 0.481 e. The molecule has 0 unspecified atom stereocenters. The van der Waals surface area contributed by atoms with E-state index in [0.29, 0.717) is 10.9 Å². The zero-order valence-electron chi connectivity index (χ0n) is 10.8. The van der Waals surface area contributed by atoms with Gasteiger partial charge >= 0.3 is 5.97 Å². The zero-order valence-corrected chi connectivity index (χ0v) is 12.3. The molecule has 1 aromatic heterocycles. The quantitative estimate of drug-likeness (QED) is 0.858. The molecule has 0 atom stereocenters. The molecule has 0 aliphatic rings. The number of carbonyl (C=O) groups is 1. The predicted molar refractivity (Wildman–Crippen MR) is 77.9 cm³/mol. The van der Waals surface area contributed by atoms with Crippen molar-refractivity contribution in [2.75, 3.05) is 5.75 Å². The lowest BCUT2D eigenvalue weighted by Crippen LogP contribution is -2.07. The average molecular weight is 299 g/mol. The smallest absolute Gasteiger partial charge is 0.313 e. The van der Waals surface area contributed by atoms with Crippen molar-refractivity contribution >= 4 is 40.4 Å². The van der Waals surface area contributed by atoms with Crippen LogP contribution in [0.25, 0.3) is 11.0 Å². The number of thioether (sulfide) groups is 1. The van der Waals surface area contributed by atoms with Gasteiger partial charge in [-0.25, -0.2) is 4.98 Å². The number of halogens is 1. The molecule has 0 fully saturated rings. The number of imidazole rings is 1. The second-order valence-electron chi connectivity index (χ2n) is 4.71. The van der Waals surface area contributed by atoms with Gasteiger partial charge < -0.3 is 9.67 Å². The molecule has 4 nitrogen and oxygen atoms in total. The fourth-order valence-corrected chi connectivity index (χ4v) is 2.77. The lowest BCUT2D eigenvalue weighted by atomic mass is 10.2. The summed E-state index contributed by atoms with van der Waals surface area (Å²) in [7, 11) is 0. The molecule has 0 saturated heterocycles. The van der Waals surface area contributed by atoms with E-state index in [1.54, 1.807) is 6.07 Å². The van der Waals surface area contributed by atoms with Crippen LogP contribution in [0.2, 0.25) is 5.02 Å². The average Bonchev–Trinajstić information content (AvgIpc) is 2.63. The van der Waals surface area contributed by atoms with Crippen LogP contribution in [0.4, 0.5) is 0 Å². The van der Waals surface area contributed by atoms with E-state index in [1.165, 1.54) is 11.8 Å². The van der Waals surface area contributed by atoms with Gasteiger partial charge in [-0.05, 0) is 24.1 Å². The monoisotopic (exact) mass is 298 g/mol. The minimum absolute atomic E-state index is 0.00908. The number of aromatic nitrogens is 2. The maximum atomic E-state index is 10.7. The van der Waals surface area contributed by atoms with Crippen molar-refractivity contribution in [3.63, 3.8) is 0 Å². The van der Waals surface area contributed by atoms with Crippen LogP contribution < -0.4 is 0 Å². The maximum absolute atomic E-state index is 10.7. The van der Waals surface area contributed by atoms with Crippen molar-refractivity contribution in [3.8, 4) is 0 Å². The van der Waals surface area contributed by atoms with Crippen LogP contribution in [-0.4, -0.2) is 26.4 Å². The molecule has 0 bridgehead atoms. The standard InChI is InChI=1S/C13H15ClN2O2S/c1-8(2)6-16-11-4-3-9(14)5-10(11)15-13(16)19-7-12(17)18/h3-5,8H,6-7H2,1-2H3,(H,17,18). The summed E-state index contributed by atoms with van der Waals surface area (Å²) in [5, 5.41) is 10.2. The molecule has 2 rings (SSSR count). The Bertz CT molecular complexity index is 610. The van der Waals surface area contributed by atoms with Gasteiger partial charge in [0.15, 0.2) is 5.16 Å². The van der Waals surface area contributed by atoms with Gasteiger partial charge in [0.1, 0.15) is 0 Å². The molecule has 0 amide bonds. The van der Waals surface area contributed by atoms with Gasteiger partial charge in [-0.1, -0.05) is 37.2 Å². The van der Waals surface area contributed by atoms with E-state index >= 15 is 0 Å². The first-order valence-corrected chi connectivity index (χ1v) is 7.34. The molecule has 1 aromatic carbocycles. The summed E-state index contributed by atoms with van der Waals surface area (Å²) >= 11 is 7.20. The van der Waals surface area contributed by atoms with E-state index in [2.05, 4.69) is 23.4 Å². The summed E-state index contributed by atoms with van der Waals surface area (Å²) in [5.41, 5.74) is 1.80. The lowest BCUT2D eigenvalue weighted by Gasteiger charge is -2.10. The van der Waals surface area contributed by atoms with E-state index < -0.39 is 5.97 Å². The summed E-state index contributed by atoms with van der Waals surface area (Å²) in [6.07, 6.45) is 0. The summed E-state index contributed by atoms with van der Waals surface area (Å²) in [6.45, 7) is 5.04. The number of hydrogen-bond donors (Lipinski definition) is 1. The minimum Gasteiger partial charge on any atom is -0.481 e. The normalized spacial score (nSPS) is 11.4. The van der Waals surface area contributed by atoms with Crippen LogP contribution in [0, 0.1) is 5.92 Å². The number of carboxylic acids is 1. The first-order valence-electron chi connectivity index (χ1n) is 5.97. The third-order valence-corrected chi connectivity index (χ3v) is 3.74. The highest BCUT2D eigenvalue weighted by molar-refractivity contribution is 7.99. The third kappa shape index (κ3) is 3.42. The highest BCUT2D eigenvalue weighted by atomic mass is 35.5. The number of nitrogens with zero attached hydrogens (tertiary/aromatic N) is 2. The molecule has 1 N–H and O–H groups in total. The second-order valence-corrected chi connectivity index (χ2v) is 6.09. The Balaban J connectivity index is 2.44. The predicted octanol–water partition coefficient (Wildman–Crippen LogP) is 3.52. The van der Waals surface area contributed by atoms with E-state index in [-0.39, 0.29) is 5.75 Å². The summed E-state index contributed by atoms with van der Waals surface area (Å²) < 4.78 is 2.06. The summed E-state index contributed by atoms with van der Waals surface area (Å²) in [5.74, 6) is -0.377. The molecule has 2 aromatic rings. The number of hydrogen-bond acceptors (Lipinski definition) is 3. The Kier molecular flexibility index (Phi) is 4.37. The van der Waals surface area contributed by atoms with Crippen LogP contribution in [0.1, 0.15) is 13.8 Å². The van der Waals surface area contributed by atoms with Crippen LogP contribution >= 0.6 is 23.4 Å². The van der Waals surface area contributed by atoms with Crippen LogP contribution in [0.5, 0.6) is 0 Å². The van der Waals surface area contributed by atoms with Crippen molar-refractivity contribution in [3.05, 3.63) is 23.2 Å². The Hall–Kier alpha value is -1.20. The van der Waals surface area contributed by atoms with Crippen LogP contribution in [0.15, 0.2) is 23.4 Å². The zero-order chi connectivity index (χ0) is 14.0. The van der Waals surface area contributed by atoms with Gasteiger partial charge in [0.25, 0.3) is 0 Å². The van der Waals surface area contributed by atoms with Gasteiger partial charge in [-0.2, -0.15) is 0 Å². The van der Waals surface area contributed by atoms with E-state index in [9.17, 15) is 4.79 Å². The molecule has 1 heterocycles. The van der Waals surface area contributed by atoms with Gasteiger partial charge in [0, 0.05) is 11.6 Å². The Morgan fingerprint density at radius 3 is 2.89 bits per heavy atom. The van der Waals surface area contributed by atoms with E-state index in [4.69, 9.17) is 16.7 Å². The highest BCUT2D eigenvalue weighted by Crippen LogP contribution is 2.27. The topological polar surface area (TPSA) is 55.1 Å². The van der Waals surface area contributed by atoms with E-state index in [0.717, 1.165) is 22.7 Å². The molecule has 102 valence electrons. The molecule has 6 heteroatoms. The molecule has 0 aliphatic heterocycles. The Labute approximate surface area is 120 Å². The highest BCUT2D eigenvalue weighted by Gasteiger charge is 2.13. The Morgan fingerprint density at radius 2 is 2.26 bits per heavy atom. The van der Waals surface area contributed by atoms with Crippen molar-refractivity contribution in [1.82, 2.24) is 9.55 Å². The minimum atomic E-state index is -0.841. The molecular formula is C13H15ClN2O2S. The number of rotatable bonds is 5. The number of aliphatic carboxylic acids is 1. The van der Waals surface area contributed by atoms with Crippen LogP contribution in [0.3, 0.4) is 0 Å². The second kappa shape index (κ2) is 5.84.